The maximum absolute atomic E-state index is 10.2. The van der Waals surface area contributed by atoms with Gasteiger partial charge in [0.25, 0.3) is 0 Å². The molecule has 0 saturated heterocycles. The van der Waals surface area contributed by atoms with Gasteiger partial charge in [-0.3, -0.25) is 0 Å². The van der Waals surface area contributed by atoms with E-state index in [1.807, 2.05) is 42.5 Å². The lowest BCUT2D eigenvalue weighted by atomic mass is 10.1. The summed E-state index contributed by atoms with van der Waals surface area (Å²) in [6.45, 7) is 0. The Hall–Kier alpha value is -2.40. The number of aromatic nitrogens is 1. The molecule has 0 aliphatic carbocycles. The van der Waals surface area contributed by atoms with Crippen molar-refractivity contribution in [3.63, 3.8) is 0 Å². The first-order valence-corrected chi connectivity index (χ1v) is 7.23. The molecule has 0 bridgehead atoms. The Morgan fingerprint density at radius 1 is 1.19 bits per heavy atom. The highest BCUT2D eigenvalue weighted by Gasteiger charge is 2.11. The van der Waals surface area contributed by atoms with Crippen LogP contribution in [0.4, 0.5) is 5.69 Å². The smallest absolute Gasteiger partial charge is 0.196 e. The summed E-state index contributed by atoms with van der Waals surface area (Å²) in [5.41, 5.74) is 2.50. The number of aromatic amines is 1. The molecule has 0 radical (unpaired) electrons. The van der Waals surface area contributed by atoms with E-state index in [2.05, 4.69) is 30.9 Å². The molecule has 0 amide bonds. The van der Waals surface area contributed by atoms with Crippen LogP contribution in [-0.2, 0) is 0 Å². The van der Waals surface area contributed by atoms with Gasteiger partial charge in [0, 0.05) is 15.4 Å². The van der Waals surface area contributed by atoms with Crippen LogP contribution in [0.1, 0.15) is 5.56 Å². The molecular formula is C16H10BrN3O. The molecule has 4 rings (SSSR count). The number of hydrogen-bond donors (Lipinski definition) is 2. The number of nitrogens with zero attached hydrogens (tertiary/aromatic N) is 2. The molecule has 0 saturated carbocycles. The van der Waals surface area contributed by atoms with Crippen molar-refractivity contribution in [1.82, 2.24) is 4.98 Å². The van der Waals surface area contributed by atoms with Crippen LogP contribution in [0.2, 0.25) is 0 Å². The van der Waals surface area contributed by atoms with E-state index in [1.165, 1.54) is 0 Å². The Balaban J connectivity index is 2.00. The molecule has 0 spiro atoms. The lowest BCUT2D eigenvalue weighted by Crippen LogP contribution is -2.06. The van der Waals surface area contributed by atoms with Gasteiger partial charge in [0.1, 0.15) is 6.34 Å². The summed E-state index contributed by atoms with van der Waals surface area (Å²) < 4.78 is 0.942. The summed E-state index contributed by atoms with van der Waals surface area (Å²) in [5.74, 6) is 0.158. The topological polar surface area (TPSA) is 60.7 Å². The number of nitrogens with one attached hydrogen (secondary N) is 1. The Bertz CT molecular complexity index is 1020. The molecule has 1 aliphatic heterocycles. The second-order valence-corrected chi connectivity index (χ2v) is 5.67. The van der Waals surface area contributed by atoms with Crippen molar-refractivity contribution in [2.45, 2.75) is 0 Å². The molecule has 21 heavy (non-hydrogen) atoms. The molecule has 0 fully saturated rings. The predicted molar refractivity (Wildman–Crippen MR) is 86.6 cm³/mol. The third kappa shape index (κ3) is 1.97. The zero-order valence-corrected chi connectivity index (χ0v) is 12.4. The van der Waals surface area contributed by atoms with E-state index >= 15 is 0 Å². The first kappa shape index (κ1) is 12.3. The molecule has 0 unspecified atom stereocenters. The summed E-state index contributed by atoms with van der Waals surface area (Å²) >= 11 is 3.53. The average Bonchev–Trinajstić information content (AvgIpc) is 3.04. The van der Waals surface area contributed by atoms with E-state index in [0.29, 0.717) is 0 Å². The predicted octanol–water partition coefficient (Wildman–Crippen LogP) is 2.76. The Morgan fingerprint density at radius 3 is 3.00 bits per heavy atom. The van der Waals surface area contributed by atoms with Gasteiger partial charge in [-0.1, -0.05) is 28.1 Å². The Kier molecular flexibility index (Phi) is 2.68. The van der Waals surface area contributed by atoms with Crippen molar-refractivity contribution in [3.05, 3.63) is 57.0 Å². The summed E-state index contributed by atoms with van der Waals surface area (Å²) in [7, 11) is 0. The SMILES string of the molecule is Oc1[nH]c2cccc(Br)c2c1/C=c1\ccc2c(c1)N=CN=2. The number of aromatic hydroxyl groups is 1. The molecule has 3 aromatic rings. The van der Waals surface area contributed by atoms with Crippen LogP contribution in [0.3, 0.4) is 0 Å². The van der Waals surface area contributed by atoms with Gasteiger partial charge < -0.3 is 10.1 Å². The second kappa shape index (κ2) is 4.56. The van der Waals surface area contributed by atoms with Crippen molar-refractivity contribution in [3.8, 4) is 5.88 Å². The lowest BCUT2D eigenvalue weighted by Gasteiger charge is -1.96. The molecule has 4 nitrogen and oxygen atoms in total. The van der Waals surface area contributed by atoms with Gasteiger partial charge in [-0.2, -0.15) is 0 Å². The minimum atomic E-state index is 0.158. The first-order chi connectivity index (χ1) is 10.2. The van der Waals surface area contributed by atoms with Crippen molar-refractivity contribution in [2.24, 2.45) is 9.98 Å². The van der Waals surface area contributed by atoms with Gasteiger partial charge in [-0.25, -0.2) is 9.98 Å². The van der Waals surface area contributed by atoms with Crippen LogP contribution in [0, 0.1) is 0 Å². The number of hydrogen-bond acceptors (Lipinski definition) is 3. The number of aliphatic imine (C=N–C) groups is 1. The maximum atomic E-state index is 10.2. The fraction of sp³-hybridized carbons (Fsp3) is 0. The van der Waals surface area contributed by atoms with Crippen molar-refractivity contribution < 1.29 is 5.11 Å². The Labute approximate surface area is 128 Å². The van der Waals surface area contributed by atoms with Gasteiger partial charge >= 0.3 is 0 Å². The molecule has 2 heterocycles. The van der Waals surface area contributed by atoms with Gasteiger partial charge in [0.2, 0.25) is 0 Å². The monoisotopic (exact) mass is 339 g/mol. The maximum Gasteiger partial charge on any atom is 0.196 e. The van der Waals surface area contributed by atoms with E-state index in [1.54, 1.807) is 6.34 Å². The summed E-state index contributed by atoms with van der Waals surface area (Å²) in [6.07, 6.45) is 3.49. The number of fused-ring (bicyclic) bond motifs is 2. The van der Waals surface area contributed by atoms with Crippen LogP contribution < -0.4 is 10.6 Å². The largest absolute Gasteiger partial charge is 0.494 e. The van der Waals surface area contributed by atoms with Gasteiger partial charge in [0.15, 0.2) is 5.88 Å². The van der Waals surface area contributed by atoms with E-state index in [4.69, 9.17) is 0 Å². The van der Waals surface area contributed by atoms with Crippen molar-refractivity contribution in [1.29, 1.82) is 0 Å². The lowest BCUT2D eigenvalue weighted by molar-refractivity contribution is 0.457. The second-order valence-electron chi connectivity index (χ2n) is 4.82. The van der Waals surface area contributed by atoms with Crippen LogP contribution in [0.5, 0.6) is 5.88 Å². The highest BCUT2D eigenvalue weighted by Crippen LogP contribution is 2.33. The Morgan fingerprint density at radius 2 is 2.10 bits per heavy atom. The molecular weight excluding hydrogens is 330 g/mol. The molecule has 102 valence electrons. The summed E-state index contributed by atoms with van der Waals surface area (Å²) in [5, 5.41) is 13.0. The van der Waals surface area contributed by atoms with Crippen LogP contribution in [0.25, 0.3) is 17.0 Å². The van der Waals surface area contributed by atoms with Crippen LogP contribution in [0.15, 0.2) is 50.9 Å². The molecule has 0 atom stereocenters. The standard InChI is InChI=1S/C16H10BrN3O/c17-11-2-1-3-13-15(11)10(16(21)20-13)6-9-4-5-12-14(7-9)19-8-18-12/h1-8,20-21H/b9-6+. The number of halogens is 1. The van der Waals surface area contributed by atoms with Crippen molar-refractivity contribution in [2.75, 3.05) is 0 Å². The van der Waals surface area contributed by atoms with Gasteiger partial charge in [0.05, 0.1) is 16.6 Å². The van der Waals surface area contributed by atoms with E-state index in [-0.39, 0.29) is 5.88 Å². The van der Waals surface area contributed by atoms with E-state index in [9.17, 15) is 5.11 Å². The number of H-pyrrole nitrogens is 1. The van der Waals surface area contributed by atoms with E-state index < -0.39 is 0 Å². The summed E-state index contributed by atoms with van der Waals surface area (Å²) in [4.78, 5) is 11.3. The summed E-state index contributed by atoms with van der Waals surface area (Å²) in [6, 6.07) is 11.7. The highest BCUT2D eigenvalue weighted by atomic mass is 79.9. The fourth-order valence-electron chi connectivity index (χ4n) is 2.52. The normalized spacial score (nSPS) is 13.7. The molecule has 1 aliphatic rings. The van der Waals surface area contributed by atoms with E-state index in [0.717, 1.165) is 37.2 Å². The fourth-order valence-corrected chi connectivity index (χ4v) is 3.10. The molecule has 5 heteroatoms. The van der Waals surface area contributed by atoms with Gasteiger partial charge in [-0.15, -0.1) is 0 Å². The first-order valence-electron chi connectivity index (χ1n) is 6.44. The minimum absolute atomic E-state index is 0.158. The van der Waals surface area contributed by atoms with Crippen molar-refractivity contribution >= 4 is 44.9 Å². The third-order valence-corrected chi connectivity index (χ3v) is 4.16. The third-order valence-electron chi connectivity index (χ3n) is 3.50. The zero-order valence-electron chi connectivity index (χ0n) is 10.8. The van der Waals surface area contributed by atoms with Crippen LogP contribution >= 0.6 is 15.9 Å². The number of benzene rings is 2. The van der Waals surface area contributed by atoms with Gasteiger partial charge in [-0.05, 0) is 35.6 Å². The molecule has 2 N–H and O–H groups in total. The quantitative estimate of drug-likeness (QED) is 0.703. The number of rotatable bonds is 1. The zero-order chi connectivity index (χ0) is 14.4. The minimum Gasteiger partial charge on any atom is -0.494 e. The average molecular weight is 340 g/mol. The highest BCUT2D eigenvalue weighted by molar-refractivity contribution is 9.10. The molecule has 2 aromatic carbocycles. The van der Waals surface area contributed by atoms with Crippen LogP contribution in [-0.4, -0.2) is 16.4 Å². The molecule has 1 aromatic heterocycles.